The zero-order chi connectivity index (χ0) is 24.7. The number of carbonyl (C=O) groups is 3. The van der Waals surface area contributed by atoms with Crippen molar-refractivity contribution in [2.45, 2.75) is 52.0 Å². The number of nitrogens with one attached hydrogen (secondary N) is 2. The van der Waals surface area contributed by atoms with Crippen LogP contribution in [0.4, 0.5) is 4.79 Å². The third-order valence-corrected chi connectivity index (χ3v) is 6.06. The Morgan fingerprint density at radius 3 is 2.09 bits per heavy atom. The van der Waals surface area contributed by atoms with Crippen molar-refractivity contribution in [1.82, 2.24) is 10.6 Å². The van der Waals surface area contributed by atoms with Gasteiger partial charge in [-0.3, -0.25) is 9.59 Å². The molecule has 7 heteroatoms. The van der Waals surface area contributed by atoms with E-state index in [9.17, 15) is 14.4 Å². The molecule has 2 atom stereocenters. The number of rotatable bonds is 11. The zero-order valence-corrected chi connectivity index (χ0v) is 20.0. The highest BCUT2D eigenvalue weighted by Crippen LogP contribution is 2.44. The predicted octanol–water partition coefficient (Wildman–Crippen LogP) is 4.56. The van der Waals surface area contributed by atoms with E-state index in [0.717, 1.165) is 28.7 Å². The van der Waals surface area contributed by atoms with Crippen molar-refractivity contribution in [3.63, 3.8) is 0 Å². The van der Waals surface area contributed by atoms with Crippen molar-refractivity contribution in [3.05, 3.63) is 59.7 Å². The number of ether oxygens (including phenoxy) is 1. The maximum Gasteiger partial charge on any atom is 0.407 e. The number of amides is 2. The van der Waals surface area contributed by atoms with Crippen LogP contribution in [0.25, 0.3) is 11.1 Å². The highest BCUT2D eigenvalue weighted by atomic mass is 16.5. The Morgan fingerprint density at radius 2 is 1.53 bits per heavy atom. The van der Waals surface area contributed by atoms with Gasteiger partial charge in [-0.15, -0.1) is 0 Å². The molecule has 0 bridgehead atoms. The number of hydrogen-bond acceptors (Lipinski definition) is 4. The molecule has 1 aliphatic rings. The van der Waals surface area contributed by atoms with Crippen LogP contribution in [0.5, 0.6) is 0 Å². The van der Waals surface area contributed by atoms with Crippen LogP contribution in [-0.4, -0.2) is 42.3 Å². The molecular formula is C27H34N2O5. The summed E-state index contributed by atoms with van der Waals surface area (Å²) in [6.07, 6.45) is 0.267. The molecule has 2 aromatic carbocycles. The third-order valence-electron chi connectivity index (χ3n) is 6.06. The minimum Gasteiger partial charge on any atom is -0.481 e. The summed E-state index contributed by atoms with van der Waals surface area (Å²) in [6, 6.07) is 15.8. The molecule has 34 heavy (non-hydrogen) atoms. The van der Waals surface area contributed by atoms with Crippen molar-refractivity contribution in [3.8, 4) is 11.1 Å². The van der Waals surface area contributed by atoms with Crippen LogP contribution in [0, 0.1) is 11.8 Å². The first-order valence-electron chi connectivity index (χ1n) is 11.8. The number of carbonyl (C=O) groups excluding carboxylic acids is 2. The Morgan fingerprint density at radius 1 is 0.941 bits per heavy atom. The minimum absolute atomic E-state index is 0.0199. The van der Waals surface area contributed by atoms with Crippen LogP contribution in [0.15, 0.2) is 48.5 Å². The van der Waals surface area contributed by atoms with Gasteiger partial charge in [0.15, 0.2) is 0 Å². The van der Waals surface area contributed by atoms with Crippen LogP contribution in [0.2, 0.25) is 0 Å². The van der Waals surface area contributed by atoms with Gasteiger partial charge in [0.2, 0.25) is 5.91 Å². The second-order valence-electron chi connectivity index (χ2n) is 9.47. The van der Waals surface area contributed by atoms with Gasteiger partial charge in [0, 0.05) is 31.3 Å². The van der Waals surface area contributed by atoms with Crippen LogP contribution in [-0.2, 0) is 14.3 Å². The smallest absolute Gasteiger partial charge is 0.407 e. The largest absolute Gasteiger partial charge is 0.481 e. The average molecular weight is 467 g/mol. The molecule has 0 spiro atoms. The van der Waals surface area contributed by atoms with Crippen molar-refractivity contribution < 1.29 is 24.2 Å². The second kappa shape index (κ2) is 11.7. The summed E-state index contributed by atoms with van der Waals surface area (Å²) >= 11 is 0. The number of alkyl carbamates (subject to hydrolysis) is 1. The Bertz CT molecular complexity index is 974. The van der Waals surface area contributed by atoms with Gasteiger partial charge in [-0.1, -0.05) is 62.4 Å². The second-order valence-corrected chi connectivity index (χ2v) is 9.47. The Hall–Kier alpha value is -3.35. The fraction of sp³-hybridized carbons (Fsp3) is 0.444. The van der Waals surface area contributed by atoms with Gasteiger partial charge in [0.1, 0.15) is 6.61 Å². The molecule has 0 radical (unpaired) electrons. The van der Waals surface area contributed by atoms with E-state index in [1.54, 1.807) is 6.92 Å². The highest BCUT2D eigenvalue weighted by Gasteiger charge is 2.29. The molecule has 1 unspecified atom stereocenters. The monoisotopic (exact) mass is 466 g/mol. The molecular weight excluding hydrogens is 432 g/mol. The van der Waals surface area contributed by atoms with E-state index in [0.29, 0.717) is 12.5 Å². The number of benzene rings is 2. The average Bonchev–Trinajstić information content (AvgIpc) is 3.09. The lowest BCUT2D eigenvalue weighted by Crippen LogP contribution is -2.39. The first-order valence-corrected chi connectivity index (χ1v) is 11.8. The van der Waals surface area contributed by atoms with Crippen LogP contribution in [0.1, 0.15) is 57.1 Å². The van der Waals surface area contributed by atoms with E-state index in [4.69, 9.17) is 9.84 Å². The summed E-state index contributed by atoms with van der Waals surface area (Å²) in [5.74, 6) is -0.901. The molecule has 7 nitrogen and oxygen atoms in total. The summed E-state index contributed by atoms with van der Waals surface area (Å²) in [6.45, 7) is 6.31. The standard InChI is InChI=1S/C27H34N2O5/c1-17(2)12-19(14-26(31)32)15-28-25(30)13-18(3)29-27(33)34-16-24-22-10-6-4-8-20(22)21-9-5-7-11-23(21)24/h4-11,17-19,24H,12-16H2,1-3H3,(H,28,30)(H,29,33)(H,31,32)/t18-,19?/m1/s1. The highest BCUT2D eigenvalue weighted by molar-refractivity contribution is 5.79. The fourth-order valence-corrected chi connectivity index (χ4v) is 4.65. The summed E-state index contributed by atoms with van der Waals surface area (Å²) in [4.78, 5) is 35.7. The molecule has 2 aromatic rings. The summed E-state index contributed by atoms with van der Waals surface area (Å²) in [5, 5.41) is 14.6. The van der Waals surface area contributed by atoms with Gasteiger partial charge in [-0.2, -0.15) is 0 Å². The van der Waals surface area contributed by atoms with Crippen molar-refractivity contribution in [2.75, 3.05) is 13.2 Å². The van der Waals surface area contributed by atoms with E-state index >= 15 is 0 Å². The first-order chi connectivity index (χ1) is 16.2. The fourth-order valence-electron chi connectivity index (χ4n) is 4.65. The lowest BCUT2D eigenvalue weighted by molar-refractivity contribution is -0.138. The summed E-state index contributed by atoms with van der Waals surface area (Å²) in [5.41, 5.74) is 4.61. The SMILES string of the molecule is CC(C)CC(CNC(=O)C[C@@H](C)NC(=O)OCC1c2ccccc2-c2ccccc21)CC(=O)O. The minimum atomic E-state index is -0.870. The molecule has 0 fully saturated rings. The van der Waals surface area contributed by atoms with E-state index < -0.39 is 18.1 Å². The topological polar surface area (TPSA) is 105 Å². The lowest BCUT2D eigenvalue weighted by atomic mass is 9.94. The molecule has 2 amide bonds. The van der Waals surface area contributed by atoms with E-state index in [1.165, 1.54) is 0 Å². The van der Waals surface area contributed by atoms with Crippen molar-refractivity contribution in [1.29, 1.82) is 0 Å². The number of fused-ring (bicyclic) bond motifs is 3. The molecule has 0 heterocycles. The Balaban J connectivity index is 1.46. The third kappa shape index (κ3) is 6.83. The quantitative estimate of drug-likeness (QED) is 0.450. The zero-order valence-electron chi connectivity index (χ0n) is 20.0. The molecule has 1 aliphatic carbocycles. The molecule has 0 saturated carbocycles. The van der Waals surface area contributed by atoms with Crippen LogP contribution in [0.3, 0.4) is 0 Å². The van der Waals surface area contributed by atoms with Gasteiger partial charge in [0.25, 0.3) is 0 Å². The summed E-state index contributed by atoms with van der Waals surface area (Å²) < 4.78 is 5.53. The van der Waals surface area contributed by atoms with Crippen molar-refractivity contribution in [2.24, 2.45) is 11.8 Å². The molecule has 0 aromatic heterocycles. The molecule has 3 rings (SSSR count). The van der Waals surface area contributed by atoms with E-state index in [2.05, 4.69) is 34.9 Å². The molecule has 0 aliphatic heterocycles. The van der Waals surface area contributed by atoms with Crippen LogP contribution < -0.4 is 10.6 Å². The van der Waals surface area contributed by atoms with E-state index in [-0.39, 0.29) is 37.2 Å². The lowest BCUT2D eigenvalue weighted by Gasteiger charge is -2.19. The predicted molar refractivity (Wildman–Crippen MR) is 130 cm³/mol. The number of aliphatic carboxylic acids is 1. The van der Waals surface area contributed by atoms with E-state index in [1.807, 2.05) is 38.1 Å². The Kier molecular flexibility index (Phi) is 8.68. The van der Waals surface area contributed by atoms with Gasteiger partial charge >= 0.3 is 12.1 Å². The van der Waals surface area contributed by atoms with Gasteiger partial charge in [-0.05, 0) is 47.4 Å². The number of hydrogen-bond donors (Lipinski definition) is 3. The Labute approximate surface area is 200 Å². The maximum atomic E-state index is 12.4. The molecule has 182 valence electrons. The summed E-state index contributed by atoms with van der Waals surface area (Å²) in [7, 11) is 0. The molecule has 3 N–H and O–H groups in total. The van der Waals surface area contributed by atoms with Gasteiger partial charge in [0.05, 0.1) is 0 Å². The molecule has 0 saturated heterocycles. The maximum absolute atomic E-state index is 12.4. The normalized spacial score (nSPS) is 14.1. The van der Waals surface area contributed by atoms with Gasteiger partial charge in [-0.25, -0.2) is 4.79 Å². The van der Waals surface area contributed by atoms with Gasteiger partial charge < -0.3 is 20.5 Å². The first kappa shape index (κ1) is 25.3. The number of carboxylic acid groups (broad SMARTS) is 1. The van der Waals surface area contributed by atoms with Crippen LogP contribution >= 0.6 is 0 Å². The van der Waals surface area contributed by atoms with Crippen molar-refractivity contribution >= 4 is 18.0 Å². The number of carboxylic acids is 1.